The molecule has 0 saturated carbocycles. The van der Waals surface area contributed by atoms with Gasteiger partial charge < -0.3 is 13.8 Å². The summed E-state index contributed by atoms with van der Waals surface area (Å²) in [6, 6.07) is 11.1. The van der Waals surface area contributed by atoms with Crippen LogP contribution in [0, 0.1) is 0 Å². The van der Waals surface area contributed by atoms with Crippen LogP contribution in [0.15, 0.2) is 47.4 Å². The Labute approximate surface area is 147 Å². The zero-order valence-electron chi connectivity index (χ0n) is 14.2. The molecule has 1 atom stereocenters. The van der Waals surface area contributed by atoms with E-state index in [0.717, 1.165) is 11.3 Å². The smallest absolute Gasteiger partial charge is 0.339 e. The van der Waals surface area contributed by atoms with E-state index in [-0.39, 0.29) is 22.6 Å². The quantitative estimate of drug-likeness (QED) is 0.783. The Kier molecular flexibility index (Phi) is 4.43. The van der Waals surface area contributed by atoms with Gasteiger partial charge in [-0.2, -0.15) is 8.42 Å². The highest BCUT2D eigenvalue weighted by atomic mass is 32.2. The number of hydrogen-bond donors (Lipinski definition) is 0. The van der Waals surface area contributed by atoms with Gasteiger partial charge in [-0.1, -0.05) is 6.07 Å². The lowest BCUT2D eigenvalue weighted by Crippen LogP contribution is -2.33. The fourth-order valence-electron chi connectivity index (χ4n) is 3.07. The van der Waals surface area contributed by atoms with Crippen LogP contribution in [0.3, 0.4) is 0 Å². The minimum atomic E-state index is -3.97. The second kappa shape index (κ2) is 6.40. The molecule has 25 heavy (non-hydrogen) atoms. The number of methoxy groups -OCH3 is 1. The number of nitrogens with zero attached hydrogens (tertiary/aromatic N) is 1. The maximum absolute atomic E-state index is 12.6. The molecular weight excluding hydrogens is 342 g/mol. The van der Waals surface area contributed by atoms with Gasteiger partial charge in [0, 0.05) is 24.7 Å². The number of rotatable bonds is 4. The Morgan fingerprint density at radius 2 is 1.88 bits per heavy atom. The number of anilines is 1. The molecular formula is C18H19NO5S. The number of ether oxygens (including phenoxy) is 1. The van der Waals surface area contributed by atoms with Crippen LogP contribution in [0.4, 0.5) is 5.69 Å². The Morgan fingerprint density at radius 1 is 1.16 bits per heavy atom. The first-order chi connectivity index (χ1) is 11.8. The molecule has 1 aliphatic rings. The predicted octanol–water partition coefficient (Wildman–Crippen LogP) is 2.76. The van der Waals surface area contributed by atoms with Crippen molar-refractivity contribution in [2.45, 2.75) is 31.2 Å². The van der Waals surface area contributed by atoms with Crippen LogP contribution in [-0.2, 0) is 21.3 Å². The van der Waals surface area contributed by atoms with Crippen molar-refractivity contribution in [3.05, 3.63) is 48.0 Å². The van der Waals surface area contributed by atoms with E-state index in [1.807, 2.05) is 6.92 Å². The minimum Gasteiger partial charge on any atom is -0.497 e. The van der Waals surface area contributed by atoms with Crippen molar-refractivity contribution < 1.29 is 22.1 Å². The average Bonchev–Trinajstić information content (AvgIpc) is 2.89. The lowest BCUT2D eigenvalue weighted by Gasteiger charge is -2.20. The van der Waals surface area contributed by atoms with Gasteiger partial charge in [0.05, 0.1) is 7.11 Å². The molecule has 7 heteroatoms. The molecule has 3 rings (SSSR count). The fourth-order valence-corrected chi connectivity index (χ4v) is 4.05. The second-order valence-electron chi connectivity index (χ2n) is 5.95. The summed E-state index contributed by atoms with van der Waals surface area (Å²) in [5.41, 5.74) is 1.57. The molecule has 0 aliphatic carbocycles. The van der Waals surface area contributed by atoms with E-state index in [2.05, 4.69) is 0 Å². The fraction of sp³-hybridized carbons (Fsp3) is 0.278. The van der Waals surface area contributed by atoms with Gasteiger partial charge in [-0.15, -0.1) is 0 Å². The van der Waals surface area contributed by atoms with Crippen LogP contribution < -0.4 is 13.8 Å². The van der Waals surface area contributed by atoms with E-state index in [1.54, 1.807) is 35.2 Å². The molecule has 2 aromatic carbocycles. The summed E-state index contributed by atoms with van der Waals surface area (Å²) in [6.45, 7) is 3.43. The van der Waals surface area contributed by atoms with Gasteiger partial charge in [-0.25, -0.2) is 0 Å². The maximum atomic E-state index is 12.6. The average molecular weight is 361 g/mol. The first kappa shape index (κ1) is 17.3. The van der Waals surface area contributed by atoms with Gasteiger partial charge in [0.15, 0.2) is 0 Å². The number of amides is 1. The molecule has 2 aromatic rings. The van der Waals surface area contributed by atoms with E-state index in [0.29, 0.717) is 12.2 Å². The van der Waals surface area contributed by atoms with Gasteiger partial charge in [0.1, 0.15) is 16.4 Å². The van der Waals surface area contributed by atoms with Crippen molar-refractivity contribution in [3.8, 4) is 11.5 Å². The lowest BCUT2D eigenvalue weighted by atomic mass is 10.1. The summed E-state index contributed by atoms with van der Waals surface area (Å²) >= 11 is 0. The van der Waals surface area contributed by atoms with Crippen LogP contribution in [0.2, 0.25) is 0 Å². The minimum absolute atomic E-state index is 0.00440. The normalized spacial score (nSPS) is 16.4. The highest BCUT2D eigenvalue weighted by Gasteiger charge is 2.30. The maximum Gasteiger partial charge on any atom is 0.339 e. The predicted molar refractivity (Wildman–Crippen MR) is 93.6 cm³/mol. The molecule has 0 bridgehead atoms. The Balaban J connectivity index is 1.91. The third-order valence-electron chi connectivity index (χ3n) is 4.14. The van der Waals surface area contributed by atoms with Crippen molar-refractivity contribution in [1.82, 2.24) is 0 Å². The van der Waals surface area contributed by atoms with Crippen molar-refractivity contribution >= 4 is 21.7 Å². The second-order valence-corrected chi connectivity index (χ2v) is 7.50. The third kappa shape index (κ3) is 3.32. The van der Waals surface area contributed by atoms with Crippen molar-refractivity contribution in [2.24, 2.45) is 0 Å². The van der Waals surface area contributed by atoms with Crippen LogP contribution in [0.25, 0.3) is 0 Å². The highest BCUT2D eigenvalue weighted by molar-refractivity contribution is 7.87. The Bertz CT molecular complexity index is 923. The van der Waals surface area contributed by atoms with Crippen molar-refractivity contribution in [3.63, 3.8) is 0 Å². The monoisotopic (exact) mass is 361 g/mol. The number of carbonyl (C=O) groups excluding carboxylic acids is 1. The van der Waals surface area contributed by atoms with Crippen LogP contribution >= 0.6 is 0 Å². The molecule has 0 radical (unpaired) electrons. The van der Waals surface area contributed by atoms with Crippen molar-refractivity contribution in [2.75, 3.05) is 12.0 Å². The highest BCUT2D eigenvalue weighted by Crippen LogP contribution is 2.34. The summed E-state index contributed by atoms with van der Waals surface area (Å²) in [5.74, 6) is 0.626. The van der Waals surface area contributed by atoms with E-state index < -0.39 is 10.1 Å². The number of carbonyl (C=O) groups is 1. The zero-order valence-corrected chi connectivity index (χ0v) is 15.0. The zero-order chi connectivity index (χ0) is 18.2. The summed E-state index contributed by atoms with van der Waals surface area (Å²) in [7, 11) is -2.48. The Morgan fingerprint density at radius 3 is 2.56 bits per heavy atom. The molecule has 0 saturated heterocycles. The van der Waals surface area contributed by atoms with Crippen molar-refractivity contribution in [1.29, 1.82) is 0 Å². The van der Waals surface area contributed by atoms with E-state index in [1.165, 1.54) is 26.2 Å². The SMILES string of the molecule is COc1cccc(OS(=O)(=O)c2ccc3c(c2)C[C@H](C)N3C(C)=O)c1. The van der Waals surface area contributed by atoms with Crippen LogP contribution in [0.5, 0.6) is 11.5 Å². The Hall–Kier alpha value is -2.54. The molecule has 6 nitrogen and oxygen atoms in total. The van der Waals surface area contributed by atoms with Crippen LogP contribution in [-0.4, -0.2) is 27.5 Å². The summed E-state index contributed by atoms with van der Waals surface area (Å²) in [5, 5.41) is 0. The molecule has 0 aromatic heterocycles. The number of benzene rings is 2. The van der Waals surface area contributed by atoms with Crippen LogP contribution in [0.1, 0.15) is 19.4 Å². The van der Waals surface area contributed by atoms with E-state index in [9.17, 15) is 13.2 Å². The third-order valence-corrected chi connectivity index (χ3v) is 5.38. The number of hydrogen-bond acceptors (Lipinski definition) is 5. The molecule has 0 spiro atoms. The largest absolute Gasteiger partial charge is 0.497 e. The van der Waals surface area contributed by atoms with E-state index >= 15 is 0 Å². The standard InChI is InChI=1S/C18H19NO5S/c1-12-9-14-10-17(7-8-18(14)19(12)13(2)20)25(21,22)24-16-6-4-5-15(11-16)23-3/h4-8,10-12H,9H2,1-3H3/t12-/m0/s1. The van der Waals surface area contributed by atoms with Gasteiger partial charge in [-0.05, 0) is 49.2 Å². The van der Waals surface area contributed by atoms with E-state index in [4.69, 9.17) is 8.92 Å². The first-order valence-electron chi connectivity index (χ1n) is 7.83. The molecule has 132 valence electrons. The van der Waals surface area contributed by atoms with Gasteiger partial charge >= 0.3 is 10.1 Å². The summed E-state index contributed by atoms with van der Waals surface area (Å²) in [6.07, 6.45) is 0.609. The lowest BCUT2D eigenvalue weighted by molar-refractivity contribution is -0.116. The van der Waals surface area contributed by atoms with Gasteiger partial charge in [-0.3, -0.25) is 4.79 Å². The van der Waals surface area contributed by atoms with Gasteiger partial charge in [0.2, 0.25) is 5.91 Å². The summed E-state index contributed by atoms with van der Waals surface area (Å²) in [4.78, 5) is 13.5. The molecule has 0 N–H and O–H groups in total. The molecule has 1 aliphatic heterocycles. The van der Waals surface area contributed by atoms with Gasteiger partial charge in [0.25, 0.3) is 0 Å². The molecule has 1 heterocycles. The number of fused-ring (bicyclic) bond motifs is 1. The first-order valence-corrected chi connectivity index (χ1v) is 9.24. The molecule has 0 fully saturated rings. The molecule has 0 unspecified atom stereocenters. The summed E-state index contributed by atoms with van der Waals surface area (Å²) < 4.78 is 35.4. The topological polar surface area (TPSA) is 72.9 Å². The molecule has 1 amide bonds.